The van der Waals surface area contributed by atoms with Gasteiger partial charge in [-0.15, -0.1) is 0 Å². The molecule has 0 radical (unpaired) electrons. The Balaban J connectivity index is 1.56. The zero-order chi connectivity index (χ0) is 19.2. The Hall–Kier alpha value is -2.51. The van der Waals surface area contributed by atoms with Crippen LogP contribution >= 0.6 is 24.0 Å². The van der Waals surface area contributed by atoms with Gasteiger partial charge in [0.1, 0.15) is 0 Å². The van der Waals surface area contributed by atoms with Crippen LogP contribution in [0.15, 0.2) is 48.5 Å². The molecular weight excluding hydrogens is 392 g/mol. The SMILES string of the molecule is O=C1CSC(=S)N1N1C(=O)[C@@H]2C3c4ccccc4C(c4ccccc43)[C@H]2C1=O. The van der Waals surface area contributed by atoms with Crippen LogP contribution in [0.4, 0.5) is 0 Å². The first kappa shape index (κ1) is 16.4. The molecule has 2 aromatic carbocycles. The lowest BCUT2D eigenvalue weighted by Crippen LogP contribution is -2.49. The highest BCUT2D eigenvalue weighted by molar-refractivity contribution is 8.23. The second kappa shape index (κ2) is 5.52. The van der Waals surface area contributed by atoms with Gasteiger partial charge in [-0.25, -0.2) is 0 Å². The van der Waals surface area contributed by atoms with Crippen LogP contribution in [0.5, 0.6) is 0 Å². The number of amides is 3. The fourth-order valence-corrected chi connectivity index (χ4v) is 6.43. The summed E-state index contributed by atoms with van der Waals surface area (Å²) in [7, 11) is 0. The number of rotatable bonds is 1. The number of thioether (sulfide) groups is 1. The third-order valence-electron chi connectivity index (χ3n) is 6.35. The van der Waals surface area contributed by atoms with Gasteiger partial charge in [0.05, 0.1) is 17.6 Å². The number of thiocarbonyl (C=S) groups is 1. The van der Waals surface area contributed by atoms with Crippen molar-refractivity contribution in [3.05, 3.63) is 70.8 Å². The molecule has 0 spiro atoms. The summed E-state index contributed by atoms with van der Waals surface area (Å²) in [4.78, 5) is 39.3. The summed E-state index contributed by atoms with van der Waals surface area (Å²) >= 11 is 6.45. The molecule has 7 heteroatoms. The maximum atomic E-state index is 13.5. The van der Waals surface area contributed by atoms with Crippen LogP contribution in [0.25, 0.3) is 0 Å². The van der Waals surface area contributed by atoms with E-state index in [0.29, 0.717) is 0 Å². The molecule has 2 aromatic rings. The molecule has 2 heterocycles. The lowest BCUT2D eigenvalue weighted by Gasteiger charge is -2.45. The van der Waals surface area contributed by atoms with Crippen molar-refractivity contribution in [3.63, 3.8) is 0 Å². The highest BCUT2D eigenvalue weighted by atomic mass is 32.2. The van der Waals surface area contributed by atoms with Gasteiger partial charge in [-0.3, -0.25) is 14.4 Å². The molecule has 28 heavy (non-hydrogen) atoms. The third kappa shape index (κ3) is 1.83. The number of benzene rings is 2. The molecule has 2 aliphatic heterocycles. The molecule has 0 aromatic heterocycles. The van der Waals surface area contributed by atoms with E-state index in [1.807, 2.05) is 24.3 Å². The Labute approximate surface area is 170 Å². The van der Waals surface area contributed by atoms with Gasteiger partial charge in [0, 0.05) is 11.8 Å². The van der Waals surface area contributed by atoms with Crippen LogP contribution in [0.2, 0.25) is 0 Å². The number of hydrazine groups is 1. The van der Waals surface area contributed by atoms with Crippen LogP contribution in [0.1, 0.15) is 34.1 Å². The number of hydrogen-bond donors (Lipinski definition) is 0. The smallest absolute Gasteiger partial charge is 0.258 e. The molecule has 2 saturated heterocycles. The molecule has 7 rings (SSSR count). The van der Waals surface area contributed by atoms with Crippen LogP contribution < -0.4 is 0 Å². The molecule has 2 bridgehead atoms. The second-order valence-electron chi connectivity index (χ2n) is 7.51. The van der Waals surface area contributed by atoms with Crippen LogP contribution in [-0.4, -0.2) is 37.8 Å². The number of carbonyl (C=O) groups excluding carboxylic acids is 3. The van der Waals surface area contributed by atoms with E-state index in [1.54, 1.807) is 0 Å². The quantitative estimate of drug-likeness (QED) is 0.538. The van der Waals surface area contributed by atoms with Gasteiger partial charge in [-0.1, -0.05) is 72.5 Å². The average Bonchev–Trinajstić information content (AvgIpc) is 3.18. The van der Waals surface area contributed by atoms with E-state index >= 15 is 0 Å². The first-order chi connectivity index (χ1) is 13.6. The molecule has 5 nitrogen and oxygen atoms in total. The van der Waals surface area contributed by atoms with Gasteiger partial charge in [-0.05, 0) is 22.3 Å². The maximum Gasteiger partial charge on any atom is 0.258 e. The fourth-order valence-electron chi connectivity index (χ4n) is 5.40. The normalized spacial score (nSPS) is 30.0. The fraction of sp³-hybridized carbons (Fsp3) is 0.238. The van der Waals surface area contributed by atoms with Crippen molar-refractivity contribution in [1.82, 2.24) is 10.0 Å². The van der Waals surface area contributed by atoms with Crippen molar-refractivity contribution < 1.29 is 14.4 Å². The van der Waals surface area contributed by atoms with Crippen molar-refractivity contribution >= 4 is 46.0 Å². The second-order valence-corrected chi connectivity index (χ2v) is 9.12. The zero-order valence-electron chi connectivity index (χ0n) is 14.6. The van der Waals surface area contributed by atoms with Crippen molar-refractivity contribution in [2.45, 2.75) is 11.8 Å². The van der Waals surface area contributed by atoms with Crippen molar-refractivity contribution in [3.8, 4) is 0 Å². The summed E-state index contributed by atoms with van der Waals surface area (Å²) in [6.07, 6.45) is 0. The Bertz CT molecular complexity index is 983. The van der Waals surface area contributed by atoms with Gasteiger partial charge in [0.2, 0.25) is 0 Å². The van der Waals surface area contributed by atoms with Crippen LogP contribution in [-0.2, 0) is 14.4 Å². The summed E-state index contributed by atoms with van der Waals surface area (Å²) in [5.74, 6) is -2.12. The maximum absolute atomic E-state index is 13.5. The predicted octanol–water partition coefficient (Wildman–Crippen LogP) is 2.65. The highest BCUT2D eigenvalue weighted by Gasteiger charge is 2.63. The first-order valence-electron chi connectivity index (χ1n) is 9.14. The van der Waals surface area contributed by atoms with Crippen molar-refractivity contribution in [2.24, 2.45) is 11.8 Å². The van der Waals surface area contributed by atoms with E-state index < -0.39 is 11.8 Å². The number of hydrogen-bond acceptors (Lipinski definition) is 5. The molecule has 2 atom stereocenters. The Morgan fingerprint density at radius 3 is 1.54 bits per heavy atom. The molecule has 3 aliphatic carbocycles. The van der Waals surface area contributed by atoms with E-state index in [0.717, 1.165) is 32.3 Å². The number of imide groups is 1. The minimum absolute atomic E-state index is 0.165. The summed E-state index contributed by atoms with van der Waals surface area (Å²) in [5.41, 5.74) is 4.45. The highest BCUT2D eigenvalue weighted by Crippen LogP contribution is 2.61. The van der Waals surface area contributed by atoms with E-state index in [1.165, 1.54) is 11.8 Å². The molecule has 138 valence electrons. The number of nitrogens with zero attached hydrogens (tertiary/aromatic N) is 2. The van der Waals surface area contributed by atoms with Gasteiger partial charge in [0.15, 0.2) is 4.32 Å². The van der Waals surface area contributed by atoms with Crippen LogP contribution in [0.3, 0.4) is 0 Å². The molecule has 2 fully saturated rings. The van der Waals surface area contributed by atoms with E-state index in [9.17, 15) is 14.4 Å². The summed E-state index contributed by atoms with van der Waals surface area (Å²) in [6, 6.07) is 16.1. The minimum atomic E-state index is -0.497. The topological polar surface area (TPSA) is 57.7 Å². The molecule has 5 aliphatic rings. The lowest BCUT2D eigenvalue weighted by atomic mass is 9.55. The van der Waals surface area contributed by atoms with Gasteiger partial charge in [0.25, 0.3) is 17.7 Å². The first-order valence-corrected chi connectivity index (χ1v) is 10.5. The Morgan fingerprint density at radius 1 is 0.750 bits per heavy atom. The van der Waals surface area contributed by atoms with Crippen LogP contribution in [0, 0.1) is 11.8 Å². The lowest BCUT2D eigenvalue weighted by molar-refractivity contribution is -0.159. The predicted molar refractivity (Wildman–Crippen MR) is 107 cm³/mol. The van der Waals surface area contributed by atoms with Gasteiger partial charge in [-0.2, -0.15) is 10.0 Å². The molecule has 0 saturated carbocycles. The molecule has 3 amide bonds. The zero-order valence-corrected chi connectivity index (χ0v) is 16.2. The van der Waals surface area contributed by atoms with E-state index in [2.05, 4.69) is 24.3 Å². The van der Waals surface area contributed by atoms with Gasteiger partial charge < -0.3 is 0 Å². The van der Waals surface area contributed by atoms with E-state index in [4.69, 9.17) is 12.2 Å². The molecule has 0 unspecified atom stereocenters. The summed E-state index contributed by atoms with van der Waals surface area (Å²) < 4.78 is 0.271. The monoisotopic (exact) mass is 406 g/mol. The Kier molecular flexibility index (Phi) is 3.24. The largest absolute Gasteiger partial charge is 0.272 e. The van der Waals surface area contributed by atoms with Crippen molar-refractivity contribution in [1.29, 1.82) is 0 Å². The standard InChI is InChI=1S/C21H14N2O3S2/c24-14-9-28-21(27)22(14)23-19(25)17-15-10-5-1-2-6-11(10)16(18(17)20(23)26)13-8-4-3-7-12(13)15/h1-8,15-18H,9H2/t15?,16?,17-,18-/m1/s1. The third-order valence-corrected chi connectivity index (χ3v) is 7.69. The number of carbonyl (C=O) groups is 3. The summed E-state index contributed by atoms with van der Waals surface area (Å²) in [6.45, 7) is 0. The molecular formula is C21H14N2O3S2. The van der Waals surface area contributed by atoms with E-state index in [-0.39, 0.29) is 39.6 Å². The Morgan fingerprint density at radius 2 is 1.18 bits per heavy atom. The van der Waals surface area contributed by atoms with Gasteiger partial charge >= 0.3 is 0 Å². The average molecular weight is 406 g/mol. The summed E-state index contributed by atoms with van der Waals surface area (Å²) in [5, 5.41) is 2.16. The van der Waals surface area contributed by atoms with Crippen molar-refractivity contribution in [2.75, 3.05) is 5.75 Å². The molecule has 0 N–H and O–H groups in total. The minimum Gasteiger partial charge on any atom is -0.272 e.